The average Bonchev–Trinajstić information content (AvgIpc) is 2.68. The molecule has 0 spiro atoms. The SMILES string of the molecule is COC(=O)C(OC(C)(C)C)c1c(C)c(C)c2ccccc2c1-c1ccc(Cl)cc1. The summed E-state index contributed by atoms with van der Waals surface area (Å²) in [4.78, 5) is 12.9. The number of methoxy groups -OCH3 is 1. The Morgan fingerprint density at radius 1 is 0.931 bits per heavy atom. The number of hydrogen-bond donors (Lipinski definition) is 0. The molecule has 0 saturated heterocycles. The van der Waals surface area contributed by atoms with Crippen molar-refractivity contribution in [2.45, 2.75) is 46.3 Å². The van der Waals surface area contributed by atoms with Gasteiger partial charge in [-0.3, -0.25) is 0 Å². The van der Waals surface area contributed by atoms with E-state index in [0.29, 0.717) is 5.02 Å². The van der Waals surface area contributed by atoms with Gasteiger partial charge in [0.05, 0.1) is 12.7 Å². The molecule has 3 aromatic rings. The van der Waals surface area contributed by atoms with Crippen molar-refractivity contribution in [3.8, 4) is 11.1 Å². The van der Waals surface area contributed by atoms with E-state index in [0.717, 1.165) is 38.6 Å². The molecule has 3 nitrogen and oxygen atoms in total. The highest BCUT2D eigenvalue weighted by Gasteiger charge is 2.33. The molecule has 0 saturated carbocycles. The van der Waals surface area contributed by atoms with Gasteiger partial charge in [0.1, 0.15) is 0 Å². The molecule has 0 fully saturated rings. The van der Waals surface area contributed by atoms with Crippen LogP contribution in [0.5, 0.6) is 0 Å². The van der Waals surface area contributed by atoms with Crippen LogP contribution in [0.2, 0.25) is 5.02 Å². The van der Waals surface area contributed by atoms with E-state index in [4.69, 9.17) is 21.1 Å². The van der Waals surface area contributed by atoms with Gasteiger partial charge in [-0.2, -0.15) is 0 Å². The molecule has 0 radical (unpaired) electrons. The Morgan fingerprint density at radius 2 is 1.52 bits per heavy atom. The van der Waals surface area contributed by atoms with Crippen molar-refractivity contribution in [1.29, 1.82) is 0 Å². The third-order valence-electron chi connectivity index (χ3n) is 5.12. The smallest absolute Gasteiger partial charge is 0.339 e. The molecule has 3 rings (SSSR count). The normalized spacial score (nSPS) is 12.8. The molecular weight excluding hydrogens is 384 g/mol. The number of aryl methyl sites for hydroxylation is 1. The number of hydrogen-bond acceptors (Lipinski definition) is 3. The van der Waals surface area contributed by atoms with Crippen LogP contribution in [0.4, 0.5) is 0 Å². The number of carbonyl (C=O) groups is 1. The number of esters is 1. The number of carbonyl (C=O) groups excluding carboxylic acids is 1. The van der Waals surface area contributed by atoms with Crippen molar-refractivity contribution in [3.63, 3.8) is 0 Å². The minimum atomic E-state index is -0.839. The molecule has 0 aromatic heterocycles. The van der Waals surface area contributed by atoms with E-state index in [-0.39, 0.29) is 0 Å². The second-order valence-electron chi connectivity index (χ2n) is 8.22. The summed E-state index contributed by atoms with van der Waals surface area (Å²) >= 11 is 6.14. The first kappa shape index (κ1) is 21.4. The summed E-state index contributed by atoms with van der Waals surface area (Å²) in [5.41, 5.74) is 4.41. The van der Waals surface area contributed by atoms with E-state index < -0.39 is 17.7 Å². The lowest BCUT2D eigenvalue weighted by molar-refractivity contribution is -0.164. The molecule has 0 aliphatic carbocycles. The Balaban J connectivity index is 2.43. The first-order valence-corrected chi connectivity index (χ1v) is 10.0. The molecule has 1 unspecified atom stereocenters. The van der Waals surface area contributed by atoms with Gasteiger partial charge in [-0.25, -0.2) is 4.79 Å². The fraction of sp³-hybridized carbons (Fsp3) is 0.320. The Bertz CT molecular complexity index is 1050. The highest BCUT2D eigenvalue weighted by molar-refractivity contribution is 6.30. The fourth-order valence-electron chi connectivity index (χ4n) is 3.71. The first-order chi connectivity index (χ1) is 13.6. The topological polar surface area (TPSA) is 35.5 Å². The summed E-state index contributed by atoms with van der Waals surface area (Å²) in [7, 11) is 1.40. The predicted molar refractivity (Wildman–Crippen MR) is 119 cm³/mol. The van der Waals surface area contributed by atoms with Gasteiger partial charge in [-0.15, -0.1) is 0 Å². The fourth-order valence-corrected chi connectivity index (χ4v) is 3.83. The van der Waals surface area contributed by atoms with Crippen LogP contribution in [0, 0.1) is 13.8 Å². The second kappa shape index (κ2) is 8.17. The lowest BCUT2D eigenvalue weighted by atomic mass is 9.84. The molecule has 3 aromatic carbocycles. The highest BCUT2D eigenvalue weighted by Crippen LogP contribution is 2.42. The molecule has 0 bridgehead atoms. The molecule has 152 valence electrons. The van der Waals surface area contributed by atoms with Crippen LogP contribution in [-0.4, -0.2) is 18.7 Å². The van der Waals surface area contributed by atoms with Gasteiger partial charge in [0, 0.05) is 10.6 Å². The van der Waals surface area contributed by atoms with E-state index in [1.54, 1.807) is 0 Å². The summed E-state index contributed by atoms with van der Waals surface area (Å²) in [6.07, 6.45) is -0.839. The molecule has 0 N–H and O–H groups in total. The Labute approximate surface area is 177 Å². The maximum absolute atomic E-state index is 12.9. The van der Waals surface area contributed by atoms with Gasteiger partial charge in [-0.1, -0.05) is 48.0 Å². The quantitative estimate of drug-likeness (QED) is 0.443. The monoisotopic (exact) mass is 410 g/mol. The van der Waals surface area contributed by atoms with Crippen molar-refractivity contribution >= 4 is 28.3 Å². The molecule has 29 heavy (non-hydrogen) atoms. The summed E-state index contributed by atoms with van der Waals surface area (Å²) in [6, 6.07) is 15.9. The third-order valence-corrected chi connectivity index (χ3v) is 5.37. The minimum Gasteiger partial charge on any atom is -0.467 e. The Kier molecular flexibility index (Phi) is 6.02. The Morgan fingerprint density at radius 3 is 2.07 bits per heavy atom. The first-order valence-electron chi connectivity index (χ1n) is 9.67. The van der Waals surface area contributed by atoms with Gasteiger partial charge >= 0.3 is 5.97 Å². The van der Waals surface area contributed by atoms with E-state index in [2.05, 4.69) is 19.1 Å². The van der Waals surface area contributed by atoms with Crippen molar-refractivity contribution < 1.29 is 14.3 Å². The van der Waals surface area contributed by atoms with E-state index in [1.807, 2.05) is 64.1 Å². The van der Waals surface area contributed by atoms with E-state index in [9.17, 15) is 4.79 Å². The zero-order valence-electron chi connectivity index (χ0n) is 17.8. The second-order valence-corrected chi connectivity index (χ2v) is 8.66. The maximum atomic E-state index is 12.9. The van der Waals surface area contributed by atoms with Gasteiger partial charge in [0.15, 0.2) is 6.10 Å². The van der Waals surface area contributed by atoms with Crippen molar-refractivity contribution in [3.05, 3.63) is 70.2 Å². The van der Waals surface area contributed by atoms with Gasteiger partial charge in [-0.05, 0) is 79.8 Å². The third kappa shape index (κ3) is 4.31. The van der Waals surface area contributed by atoms with Crippen LogP contribution in [0.25, 0.3) is 21.9 Å². The molecule has 0 amide bonds. The predicted octanol–water partition coefficient (Wildman–Crippen LogP) is 6.81. The molecular formula is C25H27ClO3. The summed E-state index contributed by atoms with van der Waals surface area (Å²) in [5.74, 6) is -0.409. The number of rotatable bonds is 4. The standard InChI is InChI=1S/C25H27ClO3/c1-15-16(2)21(23(24(27)28-6)29-25(3,4)5)22(17-11-13-18(26)14-12-17)20-10-8-7-9-19(15)20/h7-14,23H,1-6H3. The summed E-state index contributed by atoms with van der Waals surface area (Å²) in [6.45, 7) is 9.94. The van der Waals surface area contributed by atoms with Crippen LogP contribution in [0.3, 0.4) is 0 Å². The van der Waals surface area contributed by atoms with E-state index in [1.165, 1.54) is 7.11 Å². The van der Waals surface area contributed by atoms with Crippen molar-refractivity contribution in [2.24, 2.45) is 0 Å². The van der Waals surface area contributed by atoms with Crippen LogP contribution < -0.4 is 0 Å². The van der Waals surface area contributed by atoms with Crippen molar-refractivity contribution in [1.82, 2.24) is 0 Å². The van der Waals surface area contributed by atoms with Gasteiger partial charge < -0.3 is 9.47 Å². The van der Waals surface area contributed by atoms with Crippen LogP contribution >= 0.6 is 11.6 Å². The molecule has 1 atom stereocenters. The van der Waals surface area contributed by atoms with Gasteiger partial charge in [0.25, 0.3) is 0 Å². The van der Waals surface area contributed by atoms with Crippen LogP contribution in [0.1, 0.15) is 43.6 Å². The lowest BCUT2D eigenvalue weighted by Gasteiger charge is -2.30. The molecule has 4 heteroatoms. The molecule has 0 heterocycles. The maximum Gasteiger partial charge on any atom is 0.339 e. The average molecular weight is 411 g/mol. The zero-order valence-corrected chi connectivity index (χ0v) is 18.6. The van der Waals surface area contributed by atoms with E-state index >= 15 is 0 Å². The van der Waals surface area contributed by atoms with Crippen molar-refractivity contribution in [2.75, 3.05) is 7.11 Å². The zero-order chi connectivity index (χ0) is 21.3. The number of halogens is 1. The van der Waals surface area contributed by atoms with Gasteiger partial charge in [0.2, 0.25) is 0 Å². The Hall–Kier alpha value is -2.36. The summed E-state index contributed by atoms with van der Waals surface area (Å²) < 4.78 is 11.4. The summed E-state index contributed by atoms with van der Waals surface area (Å²) in [5, 5.41) is 2.89. The lowest BCUT2D eigenvalue weighted by Crippen LogP contribution is -2.29. The highest BCUT2D eigenvalue weighted by atomic mass is 35.5. The number of fused-ring (bicyclic) bond motifs is 1. The molecule has 0 aliphatic heterocycles. The van der Waals surface area contributed by atoms with Crippen LogP contribution in [0.15, 0.2) is 48.5 Å². The van der Waals surface area contributed by atoms with Crippen LogP contribution in [-0.2, 0) is 14.3 Å². The largest absolute Gasteiger partial charge is 0.467 e. The minimum absolute atomic E-state index is 0.409. The number of ether oxygens (including phenoxy) is 2. The number of benzene rings is 3. The molecule has 0 aliphatic rings.